The predicted molar refractivity (Wildman–Crippen MR) is 98.8 cm³/mol. The molecule has 0 aliphatic heterocycles. The highest BCUT2D eigenvalue weighted by Gasteiger charge is 2.08. The predicted octanol–water partition coefficient (Wildman–Crippen LogP) is 2.16. The first kappa shape index (κ1) is 20.0. The molecule has 2 rings (SSSR count). The van der Waals surface area contributed by atoms with Crippen molar-refractivity contribution in [3.63, 3.8) is 0 Å². The van der Waals surface area contributed by atoms with Gasteiger partial charge in [-0.15, -0.1) is 11.3 Å². The zero-order valence-corrected chi connectivity index (χ0v) is 15.3. The highest BCUT2D eigenvalue weighted by atomic mass is 32.1. The van der Waals surface area contributed by atoms with E-state index in [2.05, 4.69) is 17.1 Å². The van der Waals surface area contributed by atoms with Crippen molar-refractivity contribution in [3.05, 3.63) is 41.0 Å². The Hall–Kier alpha value is -1.35. The first-order valence-electron chi connectivity index (χ1n) is 8.32. The fourth-order valence-electron chi connectivity index (χ4n) is 2.27. The number of thiazole rings is 1. The van der Waals surface area contributed by atoms with Crippen LogP contribution in [0, 0.1) is 6.92 Å². The van der Waals surface area contributed by atoms with Gasteiger partial charge in [0.2, 0.25) is 0 Å². The highest BCUT2D eigenvalue weighted by molar-refractivity contribution is 7.13. The third-order valence-electron chi connectivity index (χ3n) is 3.62. The van der Waals surface area contributed by atoms with Crippen LogP contribution in [0.1, 0.15) is 17.3 Å². The summed E-state index contributed by atoms with van der Waals surface area (Å²) >= 11 is 1.64. The zero-order valence-electron chi connectivity index (χ0n) is 14.5. The van der Waals surface area contributed by atoms with Crippen molar-refractivity contribution in [1.29, 1.82) is 0 Å². The normalized spacial score (nSPS) is 12.4. The summed E-state index contributed by atoms with van der Waals surface area (Å²) in [4.78, 5) is 5.47. The molecule has 25 heavy (non-hydrogen) atoms. The van der Waals surface area contributed by atoms with Crippen molar-refractivity contribution in [2.24, 2.45) is 5.73 Å². The van der Waals surface area contributed by atoms with Crippen molar-refractivity contribution < 1.29 is 19.3 Å². The molecule has 0 bridgehead atoms. The standard InChI is InChI=1S/C18H26N2O4S/c1-14-18(25-13-20-14)16-4-2-15(3-5-16)17(19)12-24-11-10-23-9-8-22-7-6-21/h2-5,13,17,21H,6-12,19H2,1H3/t17-/m0/s1. The molecule has 0 saturated carbocycles. The largest absolute Gasteiger partial charge is 0.394 e. The Bertz CT molecular complexity index is 603. The van der Waals surface area contributed by atoms with Gasteiger partial charge in [-0.1, -0.05) is 24.3 Å². The van der Waals surface area contributed by atoms with E-state index in [0.717, 1.165) is 16.8 Å². The molecule has 7 heteroatoms. The molecule has 0 unspecified atom stereocenters. The molecule has 0 radical (unpaired) electrons. The minimum Gasteiger partial charge on any atom is -0.394 e. The molecule has 1 atom stereocenters. The Morgan fingerprint density at radius 1 is 1.04 bits per heavy atom. The monoisotopic (exact) mass is 366 g/mol. The summed E-state index contributed by atoms with van der Waals surface area (Å²) in [6, 6.07) is 8.07. The fourth-order valence-corrected chi connectivity index (χ4v) is 3.08. The highest BCUT2D eigenvalue weighted by Crippen LogP contribution is 2.27. The van der Waals surface area contributed by atoms with E-state index in [0.29, 0.717) is 39.6 Å². The van der Waals surface area contributed by atoms with Crippen LogP contribution >= 0.6 is 11.3 Å². The molecule has 6 nitrogen and oxygen atoms in total. The second-order valence-corrected chi connectivity index (χ2v) is 6.37. The molecule has 0 aliphatic carbocycles. The summed E-state index contributed by atoms with van der Waals surface area (Å²) in [5.41, 5.74) is 11.3. The number of aliphatic hydroxyl groups excluding tert-OH is 1. The first-order valence-corrected chi connectivity index (χ1v) is 9.20. The van der Waals surface area contributed by atoms with Crippen LogP contribution in [-0.4, -0.2) is 56.3 Å². The van der Waals surface area contributed by atoms with Crippen LogP contribution in [0.2, 0.25) is 0 Å². The molecule has 3 N–H and O–H groups in total. The third-order valence-corrected chi connectivity index (χ3v) is 4.60. The van der Waals surface area contributed by atoms with Gasteiger partial charge in [0.15, 0.2) is 0 Å². The number of aromatic nitrogens is 1. The van der Waals surface area contributed by atoms with Crippen LogP contribution in [-0.2, 0) is 14.2 Å². The molecule has 0 saturated heterocycles. The summed E-state index contributed by atoms with van der Waals surface area (Å²) in [6.07, 6.45) is 0. The number of aliphatic hydroxyl groups is 1. The van der Waals surface area contributed by atoms with Crippen LogP contribution in [0.5, 0.6) is 0 Å². The number of rotatable bonds is 12. The third kappa shape index (κ3) is 6.81. The molecule has 1 aromatic carbocycles. The molecule has 138 valence electrons. The number of nitrogens with zero attached hydrogens (tertiary/aromatic N) is 1. The summed E-state index contributed by atoms with van der Waals surface area (Å²) in [7, 11) is 0. The van der Waals surface area contributed by atoms with Gasteiger partial charge in [0.1, 0.15) is 0 Å². The van der Waals surface area contributed by atoms with E-state index in [1.807, 2.05) is 24.6 Å². The van der Waals surface area contributed by atoms with Gasteiger partial charge >= 0.3 is 0 Å². The SMILES string of the molecule is Cc1ncsc1-c1ccc([C@@H](N)COCCOCCOCCO)cc1. The maximum absolute atomic E-state index is 8.56. The Kier molecular flexibility index (Phi) is 9.03. The Labute approximate surface area is 152 Å². The maximum atomic E-state index is 8.56. The smallest absolute Gasteiger partial charge is 0.0801 e. The summed E-state index contributed by atoms with van der Waals surface area (Å²) in [6.45, 7) is 4.80. The van der Waals surface area contributed by atoms with Gasteiger partial charge in [0.05, 0.1) is 68.4 Å². The lowest BCUT2D eigenvalue weighted by molar-refractivity contribution is 0.00570. The Morgan fingerprint density at radius 2 is 1.68 bits per heavy atom. The van der Waals surface area contributed by atoms with Gasteiger partial charge in [-0.3, -0.25) is 0 Å². The van der Waals surface area contributed by atoms with Crippen LogP contribution in [0.25, 0.3) is 10.4 Å². The molecule has 1 aromatic heterocycles. The van der Waals surface area contributed by atoms with Crippen molar-refractivity contribution in [2.45, 2.75) is 13.0 Å². The van der Waals surface area contributed by atoms with Crippen molar-refractivity contribution in [1.82, 2.24) is 4.98 Å². The number of aryl methyl sites for hydroxylation is 1. The second kappa shape index (κ2) is 11.3. The summed E-state index contributed by atoms with van der Waals surface area (Å²) in [5.74, 6) is 0. The molecule has 2 aromatic rings. The van der Waals surface area contributed by atoms with Crippen molar-refractivity contribution in [2.75, 3.05) is 46.2 Å². The van der Waals surface area contributed by atoms with Crippen molar-refractivity contribution >= 4 is 11.3 Å². The number of hydrogen-bond donors (Lipinski definition) is 2. The zero-order chi connectivity index (χ0) is 17.9. The minimum absolute atomic E-state index is 0.0335. The number of nitrogens with two attached hydrogens (primary N) is 1. The molecule has 1 heterocycles. The summed E-state index contributed by atoms with van der Waals surface area (Å²) < 4.78 is 16.0. The van der Waals surface area contributed by atoms with Crippen LogP contribution in [0.3, 0.4) is 0 Å². The molecular formula is C18H26N2O4S. The molecule has 0 spiro atoms. The number of hydrogen-bond acceptors (Lipinski definition) is 7. The van der Waals surface area contributed by atoms with Crippen molar-refractivity contribution in [3.8, 4) is 10.4 Å². The molecular weight excluding hydrogens is 340 g/mol. The van der Waals surface area contributed by atoms with Crippen LogP contribution < -0.4 is 5.73 Å². The lowest BCUT2D eigenvalue weighted by Crippen LogP contribution is -2.19. The van der Waals surface area contributed by atoms with E-state index in [9.17, 15) is 0 Å². The summed E-state index contributed by atoms with van der Waals surface area (Å²) in [5, 5.41) is 8.56. The van der Waals surface area contributed by atoms with Crippen LogP contribution in [0.15, 0.2) is 29.8 Å². The maximum Gasteiger partial charge on any atom is 0.0801 e. The minimum atomic E-state index is -0.163. The molecule has 0 amide bonds. The van der Waals surface area contributed by atoms with Gasteiger partial charge in [-0.25, -0.2) is 4.98 Å². The van der Waals surface area contributed by atoms with Gasteiger partial charge in [-0.05, 0) is 18.1 Å². The van der Waals surface area contributed by atoms with Gasteiger partial charge in [0.25, 0.3) is 0 Å². The van der Waals surface area contributed by atoms with Gasteiger partial charge in [-0.2, -0.15) is 0 Å². The average molecular weight is 366 g/mol. The van der Waals surface area contributed by atoms with Crippen LogP contribution in [0.4, 0.5) is 0 Å². The van der Waals surface area contributed by atoms with E-state index in [-0.39, 0.29) is 12.6 Å². The number of ether oxygens (including phenoxy) is 3. The average Bonchev–Trinajstić information content (AvgIpc) is 3.06. The molecule has 0 aliphatic rings. The van der Waals surface area contributed by atoms with E-state index >= 15 is 0 Å². The Morgan fingerprint density at radius 3 is 2.28 bits per heavy atom. The Balaban J connectivity index is 1.64. The van der Waals surface area contributed by atoms with E-state index in [4.69, 9.17) is 25.1 Å². The van der Waals surface area contributed by atoms with Gasteiger partial charge in [0, 0.05) is 0 Å². The van der Waals surface area contributed by atoms with Gasteiger partial charge < -0.3 is 25.1 Å². The second-order valence-electron chi connectivity index (χ2n) is 5.52. The topological polar surface area (TPSA) is 86.8 Å². The first-order chi connectivity index (χ1) is 12.2. The lowest BCUT2D eigenvalue weighted by Gasteiger charge is -2.13. The molecule has 0 fully saturated rings. The fraction of sp³-hybridized carbons (Fsp3) is 0.500. The quantitative estimate of drug-likeness (QED) is 0.560. The van der Waals surface area contributed by atoms with E-state index in [1.54, 1.807) is 11.3 Å². The van der Waals surface area contributed by atoms with E-state index in [1.165, 1.54) is 4.88 Å². The van der Waals surface area contributed by atoms with E-state index < -0.39 is 0 Å². The number of benzene rings is 1. The lowest BCUT2D eigenvalue weighted by atomic mass is 10.0.